The van der Waals surface area contributed by atoms with E-state index in [1.807, 2.05) is 0 Å². The summed E-state index contributed by atoms with van der Waals surface area (Å²) in [5, 5.41) is 8.83. The fourth-order valence-corrected chi connectivity index (χ4v) is 3.78. The van der Waals surface area contributed by atoms with Crippen LogP contribution in [0.1, 0.15) is 24.4 Å². The molecule has 0 saturated carbocycles. The van der Waals surface area contributed by atoms with Gasteiger partial charge in [0.25, 0.3) is 5.95 Å². The van der Waals surface area contributed by atoms with Gasteiger partial charge in [-0.25, -0.2) is 24.7 Å². The summed E-state index contributed by atoms with van der Waals surface area (Å²) in [6.45, 7) is 1.68. The molecule has 192 valence electrons. The number of hydrogen-bond donors (Lipinski definition) is 2. The van der Waals surface area contributed by atoms with E-state index in [0.29, 0.717) is 18.1 Å². The first-order chi connectivity index (χ1) is 17.5. The topological polar surface area (TPSA) is 120 Å². The fourth-order valence-electron chi connectivity index (χ4n) is 3.01. The molecule has 2 N–H and O–H groups in total. The molecule has 0 saturated heterocycles. The summed E-state index contributed by atoms with van der Waals surface area (Å²) in [7, 11) is 0. The van der Waals surface area contributed by atoms with Crippen molar-refractivity contribution in [3.8, 4) is 17.6 Å². The molecule has 4 rings (SSSR count). The van der Waals surface area contributed by atoms with Crippen molar-refractivity contribution in [3.63, 3.8) is 0 Å². The third-order valence-electron chi connectivity index (χ3n) is 4.64. The van der Waals surface area contributed by atoms with Crippen LogP contribution < -0.4 is 15.4 Å². The monoisotopic (exact) mass is 572 g/mol. The van der Waals surface area contributed by atoms with Crippen LogP contribution in [0.5, 0.6) is 11.6 Å². The number of halogens is 6. The van der Waals surface area contributed by atoms with Crippen molar-refractivity contribution in [1.29, 1.82) is 0 Å². The lowest BCUT2D eigenvalue weighted by molar-refractivity contribution is -0.137. The van der Waals surface area contributed by atoms with Crippen LogP contribution in [-0.4, -0.2) is 35.7 Å². The van der Waals surface area contributed by atoms with Gasteiger partial charge in [0.15, 0.2) is 11.6 Å². The predicted octanol–water partition coefficient (Wildman–Crippen LogP) is 6.11. The number of anilines is 1. The molecule has 0 spiro atoms. The molecular weight excluding hydrogens is 560 g/mol. The van der Waals surface area contributed by atoms with E-state index in [-0.39, 0.29) is 33.3 Å². The number of urea groups is 1. The lowest BCUT2D eigenvalue weighted by Gasteiger charge is -2.16. The maximum absolute atomic E-state index is 12.8. The molecule has 0 unspecified atom stereocenters. The molecule has 1 aromatic carbocycles. The Morgan fingerprint density at radius 3 is 2.32 bits per heavy atom. The van der Waals surface area contributed by atoms with Crippen molar-refractivity contribution in [2.75, 3.05) is 5.32 Å². The number of rotatable bonds is 6. The van der Waals surface area contributed by atoms with Gasteiger partial charge in [0.2, 0.25) is 5.88 Å². The summed E-state index contributed by atoms with van der Waals surface area (Å²) >= 11 is 18.3. The highest BCUT2D eigenvalue weighted by molar-refractivity contribution is 6.38. The third kappa shape index (κ3) is 6.18. The van der Waals surface area contributed by atoms with Gasteiger partial charge in [0.1, 0.15) is 11.3 Å². The van der Waals surface area contributed by atoms with E-state index >= 15 is 0 Å². The van der Waals surface area contributed by atoms with Gasteiger partial charge < -0.3 is 15.4 Å². The van der Waals surface area contributed by atoms with Crippen molar-refractivity contribution in [2.45, 2.75) is 19.1 Å². The molecule has 0 fully saturated rings. The van der Waals surface area contributed by atoms with Gasteiger partial charge in [0.05, 0.1) is 21.7 Å². The molecule has 37 heavy (non-hydrogen) atoms. The second kappa shape index (κ2) is 10.7. The number of hydrogen-bond acceptors (Lipinski definition) is 7. The second-order valence-electron chi connectivity index (χ2n) is 7.28. The molecule has 0 radical (unpaired) electrons. The highest BCUT2D eigenvalue weighted by atomic mass is 35.5. The molecular formula is C21H14Cl3F3N8O2. The minimum Gasteiger partial charge on any atom is -0.434 e. The number of carbonyl (C=O) groups excluding carboxylic acids is 1. The average molecular weight is 574 g/mol. The van der Waals surface area contributed by atoms with E-state index in [9.17, 15) is 18.0 Å². The molecule has 0 bridgehead atoms. The van der Waals surface area contributed by atoms with Crippen LogP contribution in [-0.2, 0) is 6.18 Å². The summed E-state index contributed by atoms with van der Waals surface area (Å²) in [4.78, 5) is 28.5. The first kappa shape index (κ1) is 26.4. The van der Waals surface area contributed by atoms with Gasteiger partial charge in [0, 0.05) is 24.3 Å². The molecule has 16 heteroatoms. The molecule has 3 aromatic heterocycles. The molecule has 10 nitrogen and oxygen atoms in total. The Kier molecular flexibility index (Phi) is 7.66. The van der Waals surface area contributed by atoms with E-state index in [1.165, 1.54) is 23.1 Å². The Morgan fingerprint density at radius 1 is 1.03 bits per heavy atom. The van der Waals surface area contributed by atoms with Gasteiger partial charge in [-0.15, -0.1) is 0 Å². The van der Waals surface area contributed by atoms with Gasteiger partial charge in [-0.05, 0) is 31.2 Å². The summed E-state index contributed by atoms with van der Waals surface area (Å²) in [5.74, 6) is 0.202. The fraction of sp³-hybridized carbons (Fsp3) is 0.143. The van der Waals surface area contributed by atoms with E-state index in [1.54, 1.807) is 25.4 Å². The number of pyridine rings is 1. The van der Waals surface area contributed by atoms with E-state index in [4.69, 9.17) is 39.5 Å². The highest BCUT2D eigenvalue weighted by Crippen LogP contribution is 2.41. The Labute approximate surface area is 221 Å². The quantitative estimate of drug-likeness (QED) is 0.286. The van der Waals surface area contributed by atoms with Crippen molar-refractivity contribution in [3.05, 3.63) is 75.6 Å². The number of ether oxygens (including phenoxy) is 1. The smallest absolute Gasteiger partial charge is 0.417 e. The normalized spacial score (nSPS) is 12.2. The van der Waals surface area contributed by atoms with Crippen LogP contribution >= 0.6 is 34.8 Å². The summed E-state index contributed by atoms with van der Waals surface area (Å²) in [5.41, 5.74) is -0.845. The Balaban J connectivity index is 1.45. The zero-order valence-electron chi connectivity index (χ0n) is 18.5. The maximum atomic E-state index is 12.8. The lowest BCUT2D eigenvalue weighted by atomic mass is 10.2. The van der Waals surface area contributed by atoms with Gasteiger partial charge in [-0.3, -0.25) is 0 Å². The number of carbonyl (C=O) groups is 1. The van der Waals surface area contributed by atoms with Crippen molar-refractivity contribution < 1.29 is 22.7 Å². The minimum absolute atomic E-state index is 0.0606. The lowest BCUT2D eigenvalue weighted by Crippen LogP contribution is -2.32. The van der Waals surface area contributed by atoms with Crippen LogP contribution in [0.2, 0.25) is 15.1 Å². The number of nitrogens with one attached hydrogen (secondary N) is 2. The van der Waals surface area contributed by atoms with Gasteiger partial charge in [-0.1, -0.05) is 34.8 Å². The minimum atomic E-state index is -4.62. The SMILES string of the molecule is C[C@H](NC(=O)Nc1cc(Cl)c(Oc2ncc(C(F)(F)F)cc2Cl)c(Cl)c1)c1ncnn1-c1ncccn1. The first-order valence-corrected chi connectivity index (χ1v) is 11.3. The number of benzene rings is 1. The zero-order valence-corrected chi connectivity index (χ0v) is 20.7. The Morgan fingerprint density at radius 2 is 1.70 bits per heavy atom. The predicted molar refractivity (Wildman–Crippen MR) is 128 cm³/mol. The maximum Gasteiger partial charge on any atom is 0.417 e. The van der Waals surface area contributed by atoms with Crippen LogP contribution in [0.15, 0.2) is 49.2 Å². The van der Waals surface area contributed by atoms with Crippen molar-refractivity contribution in [2.24, 2.45) is 0 Å². The molecule has 3 heterocycles. The summed E-state index contributed by atoms with van der Waals surface area (Å²) in [6.07, 6.45) is 0.329. The van der Waals surface area contributed by atoms with E-state index < -0.39 is 28.8 Å². The van der Waals surface area contributed by atoms with Gasteiger partial charge in [-0.2, -0.15) is 23.0 Å². The van der Waals surface area contributed by atoms with Crippen LogP contribution in [0.25, 0.3) is 5.95 Å². The van der Waals surface area contributed by atoms with E-state index in [0.717, 1.165) is 0 Å². The molecule has 1 atom stereocenters. The molecule has 2 amide bonds. The third-order valence-corrected chi connectivity index (χ3v) is 5.47. The number of alkyl halides is 3. The Hall–Kier alpha value is -3.68. The first-order valence-electron chi connectivity index (χ1n) is 10.2. The second-order valence-corrected chi connectivity index (χ2v) is 8.50. The number of aromatic nitrogens is 6. The summed E-state index contributed by atoms with van der Waals surface area (Å²) in [6, 6.07) is 3.74. The zero-order chi connectivity index (χ0) is 26.7. The van der Waals surface area contributed by atoms with Crippen LogP contribution in [0.4, 0.5) is 23.7 Å². The summed E-state index contributed by atoms with van der Waals surface area (Å²) < 4.78 is 45.3. The molecule has 4 aromatic rings. The Bertz CT molecular complexity index is 1410. The molecule has 0 aliphatic heterocycles. The van der Waals surface area contributed by atoms with Crippen molar-refractivity contribution in [1.82, 2.24) is 35.0 Å². The highest BCUT2D eigenvalue weighted by Gasteiger charge is 2.32. The number of nitrogens with zero attached hydrogens (tertiary/aromatic N) is 6. The van der Waals surface area contributed by atoms with Crippen LogP contribution in [0.3, 0.4) is 0 Å². The average Bonchev–Trinajstić information content (AvgIpc) is 3.32. The van der Waals surface area contributed by atoms with Crippen LogP contribution in [0, 0.1) is 0 Å². The standard InChI is InChI=1S/C21H14Cl3F3N8O2/c1-10(17-31-9-32-35(17)19-28-3-2-4-29-19)33-20(36)34-12-6-13(22)16(14(23)7-12)37-18-15(24)5-11(8-30-18)21(25,26)27/h2-10H,1H3,(H2,33,34,36)/t10-/m0/s1. The molecule has 0 aliphatic rings. The van der Waals surface area contributed by atoms with Gasteiger partial charge >= 0.3 is 12.2 Å². The van der Waals surface area contributed by atoms with Crippen molar-refractivity contribution >= 4 is 46.5 Å². The number of amides is 2. The van der Waals surface area contributed by atoms with E-state index in [2.05, 4.69) is 35.7 Å². The largest absolute Gasteiger partial charge is 0.434 e. The molecule has 0 aliphatic carbocycles.